The van der Waals surface area contributed by atoms with Crippen LogP contribution in [0.3, 0.4) is 0 Å². The highest BCUT2D eigenvalue weighted by Gasteiger charge is 2.39. The molecule has 0 unspecified atom stereocenters. The van der Waals surface area contributed by atoms with Crippen LogP contribution in [0.1, 0.15) is 27.0 Å². The molecule has 0 aliphatic rings. The maximum absolute atomic E-state index is 13.5. The van der Waals surface area contributed by atoms with Crippen molar-refractivity contribution in [2.24, 2.45) is 0 Å². The molecule has 0 saturated carbocycles. The lowest BCUT2D eigenvalue weighted by molar-refractivity contribution is -0.143. The van der Waals surface area contributed by atoms with Crippen LogP contribution in [0, 0.1) is 18.6 Å². The van der Waals surface area contributed by atoms with Gasteiger partial charge >= 0.3 is 18.4 Å². The molecule has 0 aliphatic carbocycles. The third kappa shape index (κ3) is 5.00. The zero-order chi connectivity index (χ0) is 22.1. The standard InChI is InChI=1S/C17H10F8N2O2/c1-7-9(17(23,24)25)5-8(16(20,21)22)6-12(7)26-15(29)27-14(28)13-10(18)3-2-4-11(13)19/h2-6H,1H3,(H2,26,27,28,29). The van der Waals surface area contributed by atoms with E-state index in [4.69, 9.17) is 0 Å². The topological polar surface area (TPSA) is 58.2 Å². The molecule has 156 valence electrons. The molecule has 2 aromatic carbocycles. The Morgan fingerprint density at radius 3 is 1.93 bits per heavy atom. The number of anilines is 1. The molecule has 3 amide bonds. The van der Waals surface area contributed by atoms with Gasteiger partial charge in [-0.3, -0.25) is 10.1 Å². The van der Waals surface area contributed by atoms with E-state index in [-0.39, 0.29) is 12.1 Å². The quantitative estimate of drug-likeness (QED) is 0.643. The summed E-state index contributed by atoms with van der Waals surface area (Å²) in [6.07, 6.45) is -10.3. The van der Waals surface area contributed by atoms with Crippen molar-refractivity contribution in [1.82, 2.24) is 5.32 Å². The molecular formula is C17H10F8N2O2. The van der Waals surface area contributed by atoms with E-state index in [0.29, 0.717) is 12.1 Å². The second-order valence-corrected chi connectivity index (χ2v) is 5.70. The molecule has 0 saturated heterocycles. The first-order chi connectivity index (χ1) is 13.2. The third-order valence-corrected chi connectivity index (χ3v) is 3.71. The van der Waals surface area contributed by atoms with Gasteiger partial charge in [-0.2, -0.15) is 26.3 Å². The maximum Gasteiger partial charge on any atom is 0.416 e. The van der Waals surface area contributed by atoms with E-state index < -0.39 is 63.9 Å². The van der Waals surface area contributed by atoms with Gasteiger partial charge in [0.1, 0.15) is 17.2 Å². The van der Waals surface area contributed by atoms with Crippen molar-refractivity contribution in [3.63, 3.8) is 0 Å². The monoisotopic (exact) mass is 426 g/mol. The summed E-state index contributed by atoms with van der Waals surface area (Å²) in [7, 11) is 0. The van der Waals surface area contributed by atoms with Crippen molar-refractivity contribution < 1.29 is 44.7 Å². The molecule has 2 aromatic rings. The van der Waals surface area contributed by atoms with Gasteiger partial charge in [-0.05, 0) is 36.8 Å². The molecule has 0 aromatic heterocycles. The van der Waals surface area contributed by atoms with Crippen LogP contribution in [0.15, 0.2) is 30.3 Å². The van der Waals surface area contributed by atoms with Crippen molar-refractivity contribution in [2.75, 3.05) is 5.32 Å². The van der Waals surface area contributed by atoms with Crippen LogP contribution in [-0.2, 0) is 12.4 Å². The first kappa shape index (κ1) is 22.1. The largest absolute Gasteiger partial charge is 0.416 e. The van der Waals surface area contributed by atoms with E-state index in [1.807, 2.05) is 0 Å². The molecule has 0 atom stereocenters. The van der Waals surface area contributed by atoms with Crippen molar-refractivity contribution in [3.8, 4) is 0 Å². The summed E-state index contributed by atoms with van der Waals surface area (Å²) in [5.74, 6) is -4.24. The molecule has 2 N–H and O–H groups in total. The molecule has 12 heteroatoms. The number of hydrogen-bond acceptors (Lipinski definition) is 2. The minimum Gasteiger partial charge on any atom is -0.307 e. The third-order valence-electron chi connectivity index (χ3n) is 3.71. The lowest BCUT2D eigenvalue weighted by Crippen LogP contribution is -2.35. The van der Waals surface area contributed by atoms with Crippen LogP contribution in [0.25, 0.3) is 0 Å². The Hall–Kier alpha value is -3.18. The van der Waals surface area contributed by atoms with E-state index >= 15 is 0 Å². The number of amides is 3. The minimum atomic E-state index is -5.16. The second kappa shape index (κ2) is 7.68. The Labute approximate surface area is 157 Å². The molecule has 29 heavy (non-hydrogen) atoms. The van der Waals surface area contributed by atoms with Crippen LogP contribution in [0.2, 0.25) is 0 Å². The molecule has 0 spiro atoms. The van der Waals surface area contributed by atoms with Gasteiger partial charge in [0.2, 0.25) is 0 Å². The van der Waals surface area contributed by atoms with Gasteiger partial charge in [-0.25, -0.2) is 13.6 Å². The van der Waals surface area contributed by atoms with E-state index in [9.17, 15) is 44.7 Å². The molecular weight excluding hydrogens is 416 g/mol. The van der Waals surface area contributed by atoms with E-state index in [0.717, 1.165) is 13.0 Å². The predicted octanol–water partition coefficient (Wildman–Crippen LogP) is 5.27. The fourth-order valence-electron chi connectivity index (χ4n) is 2.34. The zero-order valence-corrected chi connectivity index (χ0v) is 14.2. The number of halogens is 8. The van der Waals surface area contributed by atoms with Crippen molar-refractivity contribution in [3.05, 3.63) is 64.2 Å². The predicted molar refractivity (Wildman–Crippen MR) is 84.0 cm³/mol. The molecule has 0 fully saturated rings. The summed E-state index contributed by atoms with van der Waals surface area (Å²) in [5.41, 5.74) is -6.16. The summed E-state index contributed by atoms with van der Waals surface area (Å²) in [6.45, 7) is 0.803. The van der Waals surface area contributed by atoms with Crippen LogP contribution in [-0.4, -0.2) is 11.9 Å². The molecule has 0 bridgehead atoms. The van der Waals surface area contributed by atoms with E-state index in [2.05, 4.69) is 0 Å². The molecule has 0 aliphatic heterocycles. The van der Waals surface area contributed by atoms with Gasteiger partial charge in [0, 0.05) is 5.69 Å². The Balaban J connectivity index is 2.35. The Bertz CT molecular complexity index is 947. The van der Waals surface area contributed by atoms with Crippen molar-refractivity contribution in [1.29, 1.82) is 0 Å². The number of imide groups is 1. The number of nitrogens with one attached hydrogen (secondary N) is 2. The average molecular weight is 426 g/mol. The number of benzene rings is 2. The average Bonchev–Trinajstić information content (AvgIpc) is 2.54. The molecule has 2 rings (SSSR count). The number of alkyl halides is 6. The second-order valence-electron chi connectivity index (χ2n) is 5.70. The number of carbonyl (C=O) groups excluding carboxylic acids is 2. The van der Waals surface area contributed by atoms with Crippen LogP contribution in [0.4, 0.5) is 45.6 Å². The van der Waals surface area contributed by atoms with Gasteiger partial charge in [0.05, 0.1) is 11.1 Å². The summed E-state index contributed by atoms with van der Waals surface area (Å²) >= 11 is 0. The van der Waals surface area contributed by atoms with Crippen molar-refractivity contribution >= 4 is 17.6 Å². The Kier molecular flexibility index (Phi) is 5.86. The molecule has 4 nitrogen and oxygen atoms in total. The summed E-state index contributed by atoms with van der Waals surface area (Å²) in [6, 6.07) is 0.876. The van der Waals surface area contributed by atoms with E-state index in [1.54, 1.807) is 5.32 Å². The van der Waals surface area contributed by atoms with Gasteiger partial charge in [-0.15, -0.1) is 0 Å². The number of urea groups is 1. The lowest BCUT2D eigenvalue weighted by Gasteiger charge is -2.18. The Morgan fingerprint density at radius 2 is 1.45 bits per heavy atom. The van der Waals surface area contributed by atoms with Gasteiger partial charge in [0.15, 0.2) is 0 Å². The van der Waals surface area contributed by atoms with Crippen LogP contribution >= 0.6 is 0 Å². The maximum atomic E-state index is 13.5. The summed E-state index contributed by atoms with van der Waals surface area (Å²) in [4.78, 5) is 23.7. The number of hydrogen-bond donors (Lipinski definition) is 2. The van der Waals surface area contributed by atoms with Gasteiger partial charge < -0.3 is 5.32 Å². The van der Waals surface area contributed by atoms with Crippen LogP contribution in [0.5, 0.6) is 0 Å². The molecule has 0 radical (unpaired) electrons. The minimum absolute atomic E-state index is 0.127. The smallest absolute Gasteiger partial charge is 0.307 e. The van der Waals surface area contributed by atoms with Crippen molar-refractivity contribution in [2.45, 2.75) is 19.3 Å². The highest BCUT2D eigenvalue weighted by molar-refractivity contribution is 6.08. The molecule has 0 heterocycles. The SMILES string of the molecule is Cc1c(NC(=O)NC(=O)c2c(F)cccc2F)cc(C(F)(F)F)cc1C(F)(F)F. The zero-order valence-electron chi connectivity index (χ0n) is 14.2. The first-order valence-electron chi connectivity index (χ1n) is 7.57. The van der Waals surface area contributed by atoms with Gasteiger partial charge in [-0.1, -0.05) is 6.07 Å². The number of rotatable bonds is 2. The summed E-state index contributed by atoms with van der Waals surface area (Å²) < 4.78 is 105. The van der Waals surface area contributed by atoms with E-state index in [1.165, 1.54) is 5.32 Å². The number of carbonyl (C=O) groups is 2. The fraction of sp³-hybridized carbons (Fsp3) is 0.176. The first-order valence-corrected chi connectivity index (χ1v) is 7.57. The fourth-order valence-corrected chi connectivity index (χ4v) is 2.34. The highest BCUT2D eigenvalue weighted by Crippen LogP contribution is 2.40. The Morgan fingerprint density at radius 1 is 0.897 bits per heavy atom. The lowest BCUT2D eigenvalue weighted by atomic mass is 10.0. The van der Waals surface area contributed by atoms with Gasteiger partial charge in [0.25, 0.3) is 5.91 Å². The normalized spacial score (nSPS) is 11.9. The summed E-state index contributed by atoms with van der Waals surface area (Å²) in [5, 5.41) is 3.10. The van der Waals surface area contributed by atoms with Crippen LogP contribution < -0.4 is 10.6 Å². The highest BCUT2D eigenvalue weighted by atomic mass is 19.4.